The lowest BCUT2D eigenvalue weighted by atomic mass is 9.86. The van der Waals surface area contributed by atoms with Crippen LogP contribution in [0.2, 0.25) is 0 Å². The van der Waals surface area contributed by atoms with Crippen molar-refractivity contribution in [1.82, 2.24) is 20.5 Å². The van der Waals surface area contributed by atoms with Gasteiger partial charge in [0.1, 0.15) is 6.04 Å². The fourth-order valence-electron chi connectivity index (χ4n) is 5.08. The largest absolute Gasteiger partial charge is 0.351 e. The summed E-state index contributed by atoms with van der Waals surface area (Å²) in [5.41, 5.74) is 3.11. The first kappa shape index (κ1) is 26.3. The molecule has 6 nitrogen and oxygen atoms in total. The third-order valence-corrected chi connectivity index (χ3v) is 7.96. The van der Waals surface area contributed by atoms with Gasteiger partial charge in [-0.2, -0.15) is 0 Å². The van der Waals surface area contributed by atoms with Crippen molar-refractivity contribution in [2.75, 3.05) is 6.54 Å². The quantitative estimate of drug-likeness (QED) is 0.476. The van der Waals surface area contributed by atoms with Crippen LogP contribution < -0.4 is 10.6 Å². The van der Waals surface area contributed by atoms with Gasteiger partial charge in [0.2, 0.25) is 11.8 Å². The number of aromatic nitrogens is 1. The Balaban J connectivity index is 1.59. The molecule has 0 radical (unpaired) electrons. The summed E-state index contributed by atoms with van der Waals surface area (Å²) in [7, 11) is 0. The maximum Gasteiger partial charge on any atom is 0.247 e. The van der Waals surface area contributed by atoms with Crippen LogP contribution in [0, 0.1) is 5.92 Å². The minimum absolute atomic E-state index is 0.0611. The number of allylic oxidation sites excluding steroid dienone is 2. The molecule has 0 bridgehead atoms. The molecular weight excluding hydrogens is 468 g/mol. The summed E-state index contributed by atoms with van der Waals surface area (Å²) in [4.78, 5) is 34.6. The van der Waals surface area contributed by atoms with Gasteiger partial charge < -0.3 is 15.5 Å². The highest BCUT2D eigenvalue weighted by Crippen LogP contribution is 2.30. The number of carbonyl (C=O) groups excluding carboxylic acids is 2. The maximum atomic E-state index is 13.9. The van der Waals surface area contributed by atoms with Gasteiger partial charge in [-0.3, -0.25) is 14.6 Å². The molecular formula is C29H38N4O2S. The highest BCUT2D eigenvalue weighted by molar-refractivity contribution is 7.09. The zero-order chi connectivity index (χ0) is 25.3. The van der Waals surface area contributed by atoms with E-state index in [2.05, 4.69) is 41.6 Å². The highest BCUT2D eigenvalue weighted by Gasteiger charge is 2.35. The van der Waals surface area contributed by atoms with E-state index in [0.717, 1.165) is 53.7 Å². The number of pyridine rings is 1. The molecule has 0 saturated heterocycles. The highest BCUT2D eigenvalue weighted by atomic mass is 32.1. The minimum Gasteiger partial charge on any atom is -0.351 e. The first-order valence-corrected chi connectivity index (χ1v) is 14.0. The summed E-state index contributed by atoms with van der Waals surface area (Å²) in [6.45, 7) is 5.37. The average Bonchev–Trinajstić information content (AvgIpc) is 3.40. The SMILES string of the molecule is CC1=CCC(C)C=C1C(C(=O)NC1CCCCC1)N(Cc1cccs1)C(=O)CNCc1ccncc1. The van der Waals surface area contributed by atoms with Gasteiger partial charge in [-0.05, 0) is 72.4 Å². The standard InChI is InChI=1S/C29H38N4O2S/c1-21-10-11-22(2)26(17-21)28(29(35)32-24-7-4-3-5-8-24)33(20-25-9-6-16-36-25)27(34)19-31-18-23-12-14-30-15-13-23/h6,9,11-17,21,24,28,31H,3-5,7-8,10,18-20H2,1-2H3,(H,32,35). The lowest BCUT2D eigenvalue weighted by Gasteiger charge is -2.36. The Hall–Kier alpha value is -2.77. The lowest BCUT2D eigenvalue weighted by molar-refractivity contribution is -0.139. The van der Waals surface area contributed by atoms with Gasteiger partial charge in [-0.15, -0.1) is 11.3 Å². The summed E-state index contributed by atoms with van der Waals surface area (Å²) in [5, 5.41) is 8.62. The van der Waals surface area contributed by atoms with Gasteiger partial charge in [0.15, 0.2) is 0 Å². The molecule has 0 aliphatic heterocycles. The van der Waals surface area contributed by atoms with E-state index in [-0.39, 0.29) is 24.4 Å². The summed E-state index contributed by atoms with van der Waals surface area (Å²) in [6, 6.07) is 7.43. The minimum atomic E-state index is -0.650. The van der Waals surface area contributed by atoms with E-state index >= 15 is 0 Å². The molecule has 1 fully saturated rings. The van der Waals surface area contributed by atoms with E-state index in [1.54, 1.807) is 28.6 Å². The van der Waals surface area contributed by atoms with Crippen molar-refractivity contribution in [1.29, 1.82) is 0 Å². The topological polar surface area (TPSA) is 74.3 Å². The van der Waals surface area contributed by atoms with E-state index in [1.165, 1.54) is 6.42 Å². The molecule has 2 aromatic rings. The first-order chi connectivity index (χ1) is 17.5. The Morgan fingerprint density at radius 2 is 1.94 bits per heavy atom. The second-order valence-corrected chi connectivity index (χ2v) is 11.1. The number of carbonyl (C=O) groups is 2. The van der Waals surface area contributed by atoms with Gasteiger partial charge >= 0.3 is 0 Å². The lowest BCUT2D eigenvalue weighted by Crippen LogP contribution is -2.54. The fraction of sp³-hybridized carbons (Fsp3) is 0.483. The first-order valence-electron chi connectivity index (χ1n) is 13.1. The van der Waals surface area contributed by atoms with Crippen LogP contribution in [0.1, 0.15) is 62.8 Å². The summed E-state index contributed by atoms with van der Waals surface area (Å²) in [6.07, 6.45) is 14.4. The predicted molar refractivity (Wildman–Crippen MR) is 145 cm³/mol. The van der Waals surface area contributed by atoms with Crippen LogP contribution >= 0.6 is 11.3 Å². The van der Waals surface area contributed by atoms with Gasteiger partial charge in [0.25, 0.3) is 0 Å². The van der Waals surface area contributed by atoms with E-state index in [0.29, 0.717) is 19.0 Å². The van der Waals surface area contributed by atoms with Crippen LogP contribution in [-0.2, 0) is 22.7 Å². The average molecular weight is 507 g/mol. The van der Waals surface area contributed by atoms with Crippen LogP contribution in [0.3, 0.4) is 0 Å². The number of nitrogens with one attached hydrogen (secondary N) is 2. The number of amides is 2. The number of rotatable bonds is 10. The zero-order valence-corrected chi connectivity index (χ0v) is 22.2. The van der Waals surface area contributed by atoms with Crippen LogP contribution in [0.4, 0.5) is 0 Å². The number of nitrogens with zero attached hydrogens (tertiary/aromatic N) is 2. The molecule has 36 heavy (non-hydrogen) atoms. The van der Waals surface area contributed by atoms with Gasteiger partial charge in [0, 0.05) is 29.9 Å². The molecule has 192 valence electrons. The van der Waals surface area contributed by atoms with Crippen molar-refractivity contribution in [3.63, 3.8) is 0 Å². The molecule has 2 aliphatic carbocycles. The Labute approximate surface area is 218 Å². The second-order valence-electron chi connectivity index (χ2n) is 10.0. The molecule has 0 spiro atoms. The van der Waals surface area contributed by atoms with Crippen molar-refractivity contribution in [3.8, 4) is 0 Å². The molecule has 0 aromatic carbocycles. The van der Waals surface area contributed by atoms with E-state index < -0.39 is 6.04 Å². The van der Waals surface area contributed by atoms with Crippen molar-refractivity contribution >= 4 is 23.2 Å². The predicted octanol–water partition coefficient (Wildman–Crippen LogP) is 4.99. The maximum absolute atomic E-state index is 13.9. The van der Waals surface area contributed by atoms with E-state index in [9.17, 15) is 9.59 Å². The van der Waals surface area contributed by atoms with E-state index in [4.69, 9.17) is 0 Å². The molecule has 2 aliphatic rings. The van der Waals surface area contributed by atoms with Gasteiger partial charge in [-0.1, -0.05) is 44.4 Å². The Morgan fingerprint density at radius 3 is 2.67 bits per heavy atom. The van der Waals surface area contributed by atoms with Crippen molar-refractivity contribution in [3.05, 3.63) is 75.8 Å². The van der Waals surface area contributed by atoms with Crippen LogP contribution in [-0.4, -0.2) is 40.3 Å². The van der Waals surface area contributed by atoms with E-state index in [1.807, 2.05) is 29.6 Å². The summed E-state index contributed by atoms with van der Waals surface area (Å²) in [5.74, 6) is 0.194. The Kier molecular flexibility index (Phi) is 9.47. The van der Waals surface area contributed by atoms with Gasteiger partial charge in [0.05, 0.1) is 13.1 Å². The number of hydrogen-bond donors (Lipinski definition) is 2. The van der Waals surface area contributed by atoms with Crippen LogP contribution in [0.15, 0.2) is 65.3 Å². The third-order valence-electron chi connectivity index (χ3n) is 7.10. The normalized spacial score (nSPS) is 19.2. The molecule has 2 amide bonds. The Bertz CT molecular complexity index is 1060. The zero-order valence-electron chi connectivity index (χ0n) is 21.4. The van der Waals surface area contributed by atoms with Crippen molar-refractivity contribution in [2.45, 2.75) is 77.5 Å². The molecule has 1 saturated carbocycles. The summed E-state index contributed by atoms with van der Waals surface area (Å²) < 4.78 is 0. The number of thiophene rings is 1. The van der Waals surface area contributed by atoms with Gasteiger partial charge in [-0.25, -0.2) is 0 Å². The molecule has 2 N–H and O–H groups in total. The number of hydrogen-bond acceptors (Lipinski definition) is 5. The van der Waals surface area contributed by atoms with Crippen molar-refractivity contribution in [2.24, 2.45) is 5.92 Å². The molecule has 7 heteroatoms. The third kappa shape index (κ3) is 7.14. The molecule has 2 aromatic heterocycles. The molecule has 2 atom stereocenters. The smallest absolute Gasteiger partial charge is 0.247 e. The Morgan fingerprint density at radius 1 is 1.17 bits per heavy atom. The fourth-order valence-corrected chi connectivity index (χ4v) is 5.78. The monoisotopic (exact) mass is 506 g/mol. The second kappa shape index (κ2) is 13.0. The molecule has 2 unspecified atom stereocenters. The van der Waals surface area contributed by atoms with Crippen LogP contribution in [0.25, 0.3) is 0 Å². The summed E-state index contributed by atoms with van der Waals surface area (Å²) >= 11 is 1.62. The van der Waals surface area contributed by atoms with Crippen LogP contribution in [0.5, 0.6) is 0 Å². The molecule has 4 rings (SSSR count). The molecule has 2 heterocycles. The van der Waals surface area contributed by atoms with Crippen molar-refractivity contribution < 1.29 is 9.59 Å².